The predicted octanol–water partition coefficient (Wildman–Crippen LogP) is -0.569. The molecule has 0 saturated heterocycles. The van der Waals surface area contributed by atoms with Gasteiger partial charge in [0.1, 0.15) is 10.6 Å². The number of nitrogens with two attached hydrogens (primary N) is 2. The molecule has 0 atom stereocenters. The van der Waals surface area contributed by atoms with E-state index in [2.05, 4.69) is 4.72 Å². The van der Waals surface area contributed by atoms with Crippen LogP contribution in [0.2, 0.25) is 0 Å². The highest BCUT2D eigenvalue weighted by Crippen LogP contribution is 2.25. The van der Waals surface area contributed by atoms with E-state index in [-0.39, 0.29) is 23.6 Å². The Morgan fingerprint density at radius 3 is 2.67 bits per heavy atom. The van der Waals surface area contributed by atoms with E-state index in [1.54, 1.807) is 0 Å². The van der Waals surface area contributed by atoms with Crippen LogP contribution in [-0.2, 0) is 14.8 Å². The lowest BCUT2D eigenvalue weighted by atomic mass is 10.3. The summed E-state index contributed by atoms with van der Waals surface area (Å²) in [5.41, 5.74) is 10.8. The Bertz CT molecular complexity index is 542. The zero-order valence-electron chi connectivity index (χ0n) is 9.84. The maximum Gasteiger partial charge on any atom is 0.244 e. The number of methoxy groups -OCH3 is 1. The summed E-state index contributed by atoms with van der Waals surface area (Å²) in [6.45, 7) is -0.0643. The van der Waals surface area contributed by atoms with Crippen LogP contribution in [-0.4, -0.2) is 28.0 Å². The third-order valence-corrected chi connectivity index (χ3v) is 3.64. The largest absolute Gasteiger partial charge is 0.495 e. The summed E-state index contributed by atoms with van der Waals surface area (Å²) >= 11 is 0. The van der Waals surface area contributed by atoms with Crippen molar-refractivity contribution in [2.45, 2.75) is 11.3 Å². The van der Waals surface area contributed by atoms with Crippen LogP contribution in [0.3, 0.4) is 0 Å². The number of hydrogen-bond donors (Lipinski definition) is 3. The first-order valence-corrected chi connectivity index (χ1v) is 6.56. The third-order valence-electron chi connectivity index (χ3n) is 2.14. The molecule has 0 spiro atoms. The van der Waals surface area contributed by atoms with E-state index in [4.69, 9.17) is 16.2 Å². The van der Waals surface area contributed by atoms with Crippen molar-refractivity contribution in [2.24, 2.45) is 5.73 Å². The normalized spacial score (nSPS) is 11.2. The number of rotatable bonds is 6. The standard InChI is InChI=1S/C10H15N3O4S/c1-17-8-6-7(11)2-3-9(8)18(15,16)13-5-4-10(12)14/h2-3,6,13H,4-5,11H2,1H3,(H2,12,14). The first-order valence-electron chi connectivity index (χ1n) is 5.08. The summed E-state index contributed by atoms with van der Waals surface area (Å²) in [6, 6.07) is 4.19. The first kappa shape index (κ1) is 14.3. The molecule has 0 aliphatic carbocycles. The van der Waals surface area contributed by atoms with Crippen molar-refractivity contribution in [2.75, 3.05) is 19.4 Å². The number of carbonyl (C=O) groups is 1. The molecule has 8 heteroatoms. The van der Waals surface area contributed by atoms with Crippen molar-refractivity contribution in [3.63, 3.8) is 0 Å². The number of carbonyl (C=O) groups excluding carboxylic acids is 1. The number of ether oxygens (including phenoxy) is 1. The second kappa shape index (κ2) is 5.69. The van der Waals surface area contributed by atoms with Crippen LogP contribution < -0.4 is 20.9 Å². The van der Waals surface area contributed by atoms with Crippen LogP contribution in [0.15, 0.2) is 23.1 Å². The van der Waals surface area contributed by atoms with Gasteiger partial charge < -0.3 is 16.2 Å². The summed E-state index contributed by atoms with van der Waals surface area (Å²) in [7, 11) is -2.41. The molecule has 7 nitrogen and oxygen atoms in total. The topological polar surface area (TPSA) is 125 Å². The molecule has 0 aromatic heterocycles. The van der Waals surface area contributed by atoms with Crippen molar-refractivity contribution in [1.29, 1.82) is 0 Å². The van der Waals surface area contributed by atoms with Gasteiger partial charge >= 0.3 is 0 Å². The van der Waals surface area contributed by atoms with Crippen molar-refractivity contribution in [3.05, 3.63) is 18.2 Å². The fraction of sp³-hybridized carbons (Fsp3) is 0.300. The Morgan fingerprint density at radius 2 is 2.11 bits per heavy atom. The molecule has 5 N–H and O–H groups in total. The molecule has 0 unspecified atom stereocenters. The number of hydrogen-bond acceptors (Lipinski definition) is 5. The third kappa shape index (κ3) is 3.60. The van der Waals surface area contributed by atoms with E-state index in [0.29, 0.717) is 5.69 Å². The van der Waals surface area contributed by atoms with Gasteiger partial charge in [-0.3, -0.25) is 4.79 Å². The van der Waals surface area contributed by atoms with Crippen LogP contribution in [0.4, 0.5) is 5.69 Å². The highest BCUT2D eigenvalue weighted by molar-refractivity contribution is 7.89. The number of benzene rings is 1. The van der Waals surface area contributed by atoms with Gasteiger partial charge in [-0.25, -0.2) is 13.1 Å². The van der Waals surface area contributed by atoms with Crippen LogP contribution in [0.5, 0.6) is 5.75 Å². The van der Waals surface area contributed by atoms with E-state index in [9.17, 15) is 13.2 Å². The van der Waals surface area contributed by atoms with Gasteiger partial charge in [0.05, 0.1) is 7.11 Å². The second-order valence-corrected chi connectivity index (χ2v) is 5.26. The van der Waals surface area contributed by atoms with E-state index in [1.807, 2.05) is 0 Å². The Balaban J connectivity index is 2.94. The SMILES string of the molecule is COc1cc(N)ccc1S(=O)(=O)NCCC(N)=O. The summed E-state index contributed by atoms with van der Waals surface area (Å²) in [4.78, 5) is 10.5. The van der Waals surface area contributed by atoms with Crippen molar-refractivity contribution < 1.29 is 17.9 Å². The minimum absolute atomic E-state index is 0.0383. The number of anilines is 1. The molecular weight excluding hydrogens is 258 g/mol. The zero-order valence-corrected chi connectivity index (χ0v) is 10.7. The van der Waals surface area contributed by atoms with E-state index in [0.717, 1.165) is 0 Å². The minimum atomic E-state index is -3.75. The number of amides is 1. The van der Waals surface area contributed by atoms with Crippen molar-refractivity contribution >= 4 is 21.6 Å². The molecule has 0 saturated carbocycles. The predicted molar refractivity (Wildman–Crippen MR) is 66.4 cm³/mol. The monoisotopic (exact) mass is 273 g/mol. The van der Waals surface area contributed by atoms with E-state index >= 15 is 0 Å². The molecular formula is C10H15N3O4S. The minimum Gasteiger partial charge on any atom is -0.495 e. The molecule has 0 bridgehead atoms. The Hall–Kier alpha value is -1.80. The average molecular weight is 273 g/mol. The van der Waals surface area contributed by atoms with Gasteiger partial charge in [0.15, 0.2) is 0 Å². The van der Waals surface area contributed by atoms with E-state index in [1.165, 1.54) is 25.3 Å². The maximum absolute atomic E-state index is 11.9. The maximum atomic E-state index is 11.9. The molecule has 100 valence electrons. The average Bonchev–Trinajstić information content (AvgIpc) is 2.27. The van der Waals surface area contributed by atoms with Gasteiger partial charge in [0.2, 0.25) is 15.9 Å². The lowest BCUT2D eigenvalue weighted by Crippen LogP contribution is -2.28. The Kier molecular flexibility index (Phi) is 4.51. The second-order valence-electron chi connectivity index (χ2n) is 3.52. The van der Waals surface area contributed by atoms with Gasteiger partial charge in [0.25, 0.3) is 0 Å². The number of primary amides is 1. The van der Waals surface area contributed by atoms with Crippen LogP contribution in [0.25, 0.3) is 0 Å². The van der Waals surface area contributed by atoms with Crippen LogP contribution in [0, 0.1) is 0 Å². The van der Waals surface area contributed by atoms with Crippen LogP contribution in [0.1, 0.15) is 6.42 Å². The summed E-state index contributed by atoms with van der Waals surface area (Å²) in [6.07, 6.45) is -0.0729. The lowest BCUT2D eigenvalue weighted by molar-refractivity contribution is -0.117. The first-order chi connectivity index (χ1) is 8.36. The van der Waals surface area contributed by atoms with Gasteiger partial charge in [-0.05, 0) is 12.1 Å². The molecule has 1 rings (SSSR count). The smallest absolute Gasteiger partial charge is 0.244 e. The Labute approximate surface area is 105 Å². The Morgan fingerprint density at radius 1 is 1.44 bits per heavy atom. The van der Waals surface area contributed by atoms with Gasteiger partial charge in [-0.2, -0.15) is 0 Å². The van der Waals surface area contributed by atoms with Crippen molar-refractivity contribution in [3.8, 4) is 5.75 Å². The molecule has 0 aliphatic rings. The van der Waals surface area contributed by atoms with E-state index < -0.39 is 15.9 Å². The highest BCUT2D eigenvalue weighted by Gasteiger charge is 2.19. The van der Waals surface area contributed by atoms with Gasteiger partial charge in [-0.15, -0.1) is 0 Å². The highest BCUT2D eigenvalue weighted by atomic mass is 32.2. The summed E-state index contributed by atoms with van der Waals surface area (Å²) < 4.78 is 31.0. The summed E-state index contributed by atoms with van der Waals surface area (Å²) in [5.74, 6) is -0.441. The fourth-order valence-corrected chi connectivity index (χ4v) is 2.47. The van der Waals surface area contributed by atoms with Gasteiger partial charge in [0, 0.05) is 24.7 Å². The number of nitrogens with one attached hydrogen (secondary N) is 1. The van der Waals surface area contributed by atoms with Crippen LogP contribution >= 0.6 is 0 Å². The molecule has 0 heterocycles. The molecule has 18 heavy (non-hydrogen) atoms. The molecule has 0 aliphatic heterocycles. The molecule has 1 amide bonds. The molecule has 0 fully saturated rings. The lowest BCUT2D eigenvalue weighted by Gasteiger charge is -2.10. The molecule has 0 radical (unpaired) electrons. The molecule has 1 aromatic rings. The zero-order chi connectivity index (χ0) is 13.8. The van der Waals surface area contributed by atoms with Crippen molar-refractivity contribution in [1.82, 2.24) is 4.72 Å². The fourth-order valence-electron chi connectivity index (χ4n) is 1.29. The quantitative estimate of drug-likeness (QED) is 0.599. The number of nitrogen functional groups attached to an aromatic ring is 1. The van der Waals surface area contributed by atoms with Gasteiger partial charge in [-0.1, -0.05) is 0 Å². The summed E-state index contributed by atoms with van der Waals surface area (Å²) in [5, 5.41) is 0. The molecule has 1 aromatic carbocycles. The number of sulfonamides is 1.